The molecule has 0 aliphatic carbocycles. The van der Waals surface area contributed by atoms with Crippen LogP contribution in [0.15, 0.2) is 24.3 Å². The van der Waals surface area contributed by atoms with E-state index in [9.17, 15) is 0 Å². The van der Waals surface area contributed by atoms with E-state index in [0.717, 1.165) is 11.3 Å². The fraction of sp³-hybridized carbons (Fsp3) is 0.231. The van der Waals surface area contributed by atoms with E-state index in [1.54, 1.807) is 6.07 Å². The molecule has 3 heteroatoms. The summed E-state index contributed by atoms with van der Waals surface area (Å²) in [6.07, 6.45) is 0. The highest BCUT2D eigenvalue weighted by molar-refractivity contribution is 5.63. The Hall–Kier alpha value is -1.90. The van der Waals surface area contributed by atoms with Crippen molar-refractivity contribution in [1.82, 2.24) is 9.97 Å². The Balaban J connectivity index is 2.57. The zero-order valence-corrected chi connectivity index (χ0v) is 9.78. The van der Waals surface area contributed by atoms with Gasteiger partial charge in [0.1, 0.15) is 11.6 Å². The molecular weight excluding hydrogens is 198 g/mol. The molecule has 0 saturated carbocycles. The molecule has 1 aromatic carbocycles. The minimum Gasteiger partial charge on any atom is -0.384 e. The van der Waals surface area contributed by atoms with Gasteiger partial charge in [0.2, 0.25) is 0 Å². The molecule has 0 aliphatic heterocycles. The third-order valence-electron chi connectivity index (χ3n) is 2.38. The second-order valence-electron chi connectivity index (χ2n) is 4.10. The first kappa shape index (κ1) is 10.6. The van der Waals surface area contributed by atoms with Gasteiger partial charge in [-0.1, -0.05) is 17.2 Å². The maximum atomic E-state index is 5.72. The van der Waals surface area contributed by atoms with E-state index >= 15 is 0 Å². The van der Waals surface area contributed by atoms with Gasteiger partial charge in [0.25, 0.3) is 0 Å². The van der Waals surface area contributed by atoms with Crippen LogP contribution >= 0.6 is 0 Å². The molecular formula is C13H15N3. The lowest BCUT2D eigenvalue weighted by Gasteiger charge is -2.06. The van der Waals surface area contributed by atoms with Gasteiger partial charge in [-0.25, -0.2) is 9.97 Å². The van der Waals surface area contributed by atoms with Gasteiger partial charge in [-0.05, 0) is 32.9 Å². The van der Waals surface area contributed by atoms with Crippen LogP contribution in [0.4, 0.5) is 5.82 Å². The van der Waals surface area contributed by atoms with Crippen molar-refractivity contribution in [2.75, 3.05) is 5.73 Å². The fourth-order valence-electron chi connectivity index (χ4n) is 1.86. The monoisotopic (exact) mass is 213 g/mol. The number of hydrogen-bond donors (Lipinski definition) is 1. The third kappa shape index (κ3) is 2.19. The molecule has 82 valence electrons. The average Bonchev–Trinajstić information content (AvgIpc) is 2.14. The van der Waals surface area contributed by atoms with Gasteiger partial charge in [0, 0.05) is 11.6 Å². The molecule has 0 atom stereocenters. The SMILES string of the molecule is Cc1cc(C)cc(-c2cc(N)nc(C)n2)c1. The Labute approximate surface area is 95.4 Å². The van der Waals surface area contributed by atoms with Gasteiger partial charge in [-0.15, -0.1) is 0 Å². The zero-order chi connectivity index (χ0) is 11.7. The molecule has 2 rings (SSSR count). The van der Waals surface area contributed by atoms with Crippen LogP contribution in [-0.2, 0) is 0 Å². The van der Waals surface area contributed by atoms with Crippen LogP contribution in [0.3, 0.4) is 0 Å². The molecule has 16 heavy (non-hydrogen) atoms. The molecule has 0 unspecified atom stereocenters. The van der Waals surface area contributed by atoms with Gasteiger partial charge in [-0.2, -0.15) is 0 Å². The van der Waals surface area contributed by atoms with E-state index in [0.29, 0.717) is 11.6 Å². The predicted octanol–water partition coefficient (Wildman–Crippen LogP) is 2.65. The molecule has 2 N–H and O–H groups in total. The molecule has 0 amide bonds. The quantitative estimate of drug-likeness (QED) is 0.792. The lowest BCUT2D eigenvalue weighted by Crippen LogP contribution is -1.97. The van der Waals surface area contributed by atoms with Crippen LogP contribution in [0.1, 0.15) is 17.0 Å². The highest BCUT2D eigenvalue weighted by atomic mass is 14.9. The van der Waals surface area contributed by atoms with Crippen LogP contribution < -0.4 is 5.73 Å². The summed E-state index contributed by atoms with van der Waals surface area (Å²) in [5, 5.41) is 0. The van der Waals surface area contributed by atoms with Crippen molar-refractivity contribution in [1.29, 1.82) is 0 Å². The second kappa shape index (κ2) is 3.93. The Morgan fingerprint density at radius 2 is 1.50 bits per heavy atom. The van der Waals surface area contributed by atoms with E-state index in [2.05, 4.69) is 42.0 Å². The Kier molecular flexibility index (Phi) is 2.60. The molecule has 2 aromatic rings. The van der Waals surface area contributed by atoms with Crippen molar-refractivity contribution >= 4 is 5.82 Å². The Morgan fingerprint density at radius 1 is 0.875 bits per heavy atom. The second-order valence-corrected chi connectivity index (χ2v) is 4.10. The summed E-state index contributed by atoms with van der Waals surface area (Å²) in [5.41, 5.74) is 10.2. The Morgan fingerprint density at radius 3 is 2.06 bits per heavy atom. The first-order chi connectivity index (χ1) is 7.54. The number of hydrogen-bond acceptors (Lipinski definition) is 3. The molecule has 1 heterocycles. The average molecular weight is 213 g/mol. The van der Waals surface area contributed by atoms with Crippen molar-refractivity contribution in [2.45, 2.75) is 20.8 Å². The van der Waals surface area contributed by atoms with Gasteiger partial charge >= 0.3 is 0 Å². The number of aryl methyl sites for hydroxylation is 3. The molecule has 1 aromatic heterocycles. The van der Waals surface area contributed by atoms with Gasteiger partial charge < -0.3 is 5.73 Å². The topological polar surface area (TPSA) is 51.8 Å². The number of nitrogens with zero attached hydrogens (tertiary/aromatic N) is 2. The summed E-state index contributed by atoms with van der Waals surface area (Å²) < 4.78 is 0. The van der Waals surface area contributed by atoms with Crippen molar-refractivity contribution in [2.24, 2.45) is 0 Å². The number of nitrogens with two attached hydrogens (primary N) is 1. The minimum atomic E-state index is 0.515. The van der Waals surface area contributed by atoms with Gasteiger partial charge in [-0.3, -0.25) is 0 Å². The van der Waals surface area contributed by atoms with Crippen LogP contribution in [0, 0.1) is 20.8 Å². The lowest BCUT2D eigenvalue weighted by atomic mass is 10.0. The third-order valence-corrected chi connectivity index (χ3v) is 2.38. The van der Waals surface area contributed by atoms with Gasteiger partial charge in [0.15, 0.2) is 0 Å². The summed E-state index contributed by atoms with van der Waals surface area (Å²) in [4.78, 5) is 8.47. The fourth-order valence-corrected chi connectivity index (χ4v) is 1.86. The number of rotatable bonds is 1. The van der Waals surface area contributed by atoms with E-state index in [1.807, 2.05) is 6.92 Å². The summed E-state index contributed by atoms with van der Waals surface area (Å²) in [6, 6.07) is 8.16. The lowest BCUT2D eigenvalue weighted by molar-refractivity contribution is 1.07. The number of nitrogen functional groups attached to an aromatic ring is 1. The molecule has 0 spiro atoms. The largest absolute Gasteiger partial charge is 0.384 e. The zero-order valence-electron chi connectivity index (χ0n) is 9.78. The minimum absolute atomic E-state index is 0.515. The molecule has 3 nitrogen and oxygen atoms in total. The summed E-state index contributed by atoms with van der Waals surface area (Å²) in [7, 11) is 0. The Bertz CT molecular complexity index is 443. The first-order valence-electron chi connectivity index (χ1n) is 5.24. The summed E-state index contributed by atoms with van der Waals surface area (Å²) in [6.45, 7) is 6.00. The molecule has 0 saturated heterocycles. The molecule has 0 radical (unpaired) electrons. The first-order valence-corrected chi connectivity index (χ1v) is 5.24. The highest BCUT2D eigenvalue weighted by Gasteiger charge is 2.03. The van der Waals surface area contributed by atoms with Crippen molar-refractivity contribution in [3.63, 3.8) is 0 Å². The van der Waals surface area contributed by atoms with Crippen molar-refractivity contribution < 1.29 is 0 Å². The van der Waals surface area contributed by atoms with E-state index in [-0.39, 0.29) is 0 Å². The summed E-state index contributed by atoms with van der Waals surface area (Å²) in [5.74, 6) is 1.22. The van der Waals surface area contributed by atoms with E-state index < -0.39 is 0 Å². The van der Waals surface area contributed by atoms with Crippen molar-refractivity contribution in [3.8, 4) is 11.3 Å². The summed E-state index contributed by atoms with van der Waals surface area (Å²) >= 11 is 0. The van der Waals surface area contributed by atoms with Crippen molar-refractivity contribution in [3.05, 3.63) is 41.2 Å². The van der Waals surface area contributed by atoms with Crippen LogP contribution in [0.5, 0.6) is 0 Å². The van der Waals surface area contributed by atoms with Crippen LogP contribution in [-0.4, -0.2) is 9.97 Å². The molecule has 0 fully saturated rings. The van der Waals surface area contributed by atoms with E-state index in [4.69, 9.17) is 5.73 Å². The van der Waals surface area contributed by atoms with E-state index in [1.165, 1.54) is 11.1 Å². The smallest absolute Gasteiger partial charge is 0.128 e. The highest BCUT2D eigenvalue weighted by Crippen LogP contribution is 2.21. The number of benzene rings is 1. The number of aromatic nitrogens is 2. The molecule has 0 aliphatic rings. The molecule has 0 bridgehead atoms. The van der Waals surface area contributed by atoms with Gasteiger partial charge in [0.05, 0.1) is 5.69 Å². The van der Waals surface area contributed by atoms with Crippen LogP contribution in [0.25, 0.3) is 11.3 Å². The normalized spacial score (nSPS) is 10.4. The number of anilines is 1. The maximum Gasteiger partial charge on any atom is 0.128 e. The predicted molar refractivity (Wildman–Crippen MR) is 66.1 cm³/mol. The van der Waals surface area contributed by atoms with Crippen LogP contribution in [0.2, 0.25) is 0 Å². The maximum absolute atomic E-state index is 5.72. The standard InChI is InChI=1S/C13H15N3/c1-8-4-9(2)6-11(5-8)12-7-13(14)16-10(3)15-12/h4-7H,1-3H3,(H2,14,15,16).